The van der Waals surface area contributed by atoms with E-state index in [0.717, 1.165) is 117 Å². The molecule has 0 aromatic heterocycles. The van der Waals surface area contributed by atoms with E-state index < -0.39 is 81.4 Å². The van der Waals surface area contributed by atoms with Gasteiger partial charge in [-0.25, -0.2) is 48.3 Å². The van der Waals surface area contributed by atoms with E-state index in [4.69, 9.17) is 14.2 Å². The summed E-state index contributed by atoms with van der Waals surface area (Å²) < 4.78 is 208. The molecule has 0 heterocycles. The van der Waals surface area contributed by atoms with Crippen LogP contribution in [0.5, 0.6) is 17.2 Å². The van der Waals surface area contributed by atoms with Gasteiger partial charge in [0, 0.05) is 16.7 Å². The van der Waals surface area contributed by atoms with E-state index in [-0.39, 0.29) is 64.0 Å². The second kappa shape index (κ2) is 54.7. The number of halogens is 14. The molecule has 0 aliphatic heterocycles. The van der Waals surface area contributed by atoms with E-state index in [1.54, 1.807) is 133 Å². The molecular weight excluding hydrogens is 1680 g/mol. The Hall–Kier alpha value is -9.38. The fourth-order valence-corrected chi connectivity index (χ4v) is 17.1. The standard InChI is InChI=1S/C22H32F2O2.C20H16F2.C20H22F2.C15H20F2O.C14H18F2.C10H12F2.C9H10F2.4CH4/c1-15-3-7-17(8-4-15)13-25-19-11-12-20(22(24)21(19)23)26-14-18-9-5-16(2)6-10-18;1-13-3-7-15(8-4-13)17-11-12-18(20(22)19(17)21)16-9-5-14(2)6-10-16;1-13-3-6-15(7-4-13)16-8-10-17(11-9-16)18-12-5-14(2)19(21)20(18)22;1-10-3-6-12(7-4-10)9-18-13-8-5-11(2)14(16)15(13)17;1-9-3-6-11(7-4-9)12-8-5-10(2)13(15)14(12)16;1-3-4-8-6-5-7(2)9(11)10(8)12;1-3-7-5-4-6(2)8(10)9(7)11;;;;/h11-12,15-18H,3-10,13-14H2,1-2H3;3-12H,1-2H3;5,8-13,15H,3-4,6-7H2,1-2H3;5,8,10,12H,3-4,6-7,9H2,1-2H3;5,8-9,11H,3-4,6-7H2,1-2H3;5-6H,3-4H2,1-2H3;4-5H,3H2,1-2H3;4*1H4. The van der Waals surface area contributed by atoms with E-state index >= 15 is 0 Å². The number of ether oxygens (including phenoxy) is 3. The average molecular weight is 1830 g/mol. The first kappa shape index (κ1) is 112. The maximum atomic E-state index is 14.4. The first-order valence-corrected chi connectivity index (χ1v) is 45.9. The van der Waals surface area contributed by atoms with Gasteiger partial charge in [-0.2, -0.15) is 13.2 Å². The summed E-state index contributed by atoms with van der Waals surface area (Å²) in [6, 6.07) is 45.3. The highest BCUT2D eigenvalue weighted by atomic mass is 19.2. The van der Waals surface area contributed by atoms with Gasteiger partial charge in [0.15, 0.2) is 81.2 Å². The molecule has 5 aliphatic carbocycles. The summed E-state index contributed by atoms with van der Waals surface area (Å²) in [5.74, 6) is -4.61. The Morgan fingerprint density at radius 2 is 0.504 bits per heavy atom. The van der Waals surface area contributed by atoms with Gasteiger partial charge in [-0.05, 0) is 270 Å². The number of benzene rings is 10. The van der Waals surface area contributed by atoms with Gasteiger partial charge in [0.2, 0.25) is 17.5 Å². The van der Waals surface area contributed by atoms with Crippen LogP contribution < -0.4 is 14.2 Å². The first-order valence-electron chi connectivity index (χ1n) is 45.9. The Morgan fingerprint density at radius 3 is 0.863 bits per heavy atom. The lowest BCUT2D eigenvalue weighted by molar-refractivity contribution is 0.174. The second-order valence-corrected chi connectivity index (χ2v) is 36.7. The molecule has 17 heteroatoms. The topological polar surface area (TPSA) is 27.7 Å². The van der Waals surface area contributed by atoms with Crippen molar-refractivity contribution in [3.63, 3.8) is 0 Å². The van der Waals surface area contributed by atoms with Crippen molar-refractivity contribution in [3.05, 3.63) is 300 Å². The zero-order valence-electron chi connectivity index (χ0n) is 76.7. The maximum absolute atomic E-state index is 14.4. The predicted molar refractivity (Wildman–Crippen MR) is 515 cm³/mol. The van der Waals surface area contributed by atoms with Crippen molar-refractivity contribution in [2.24, 2.45) is 47.3 Å². The van der Waals surface area contributed by atoms with Gasteiger partial charge in [0.05, 0.1) is 19.8 Å². The van der Waals surface area contributed by atoms with Crippen LogP contribution in [0.1, 0.15) is 286 Å². The molecule has 3 nitrogen and oxygen atoms in total. The summed E-state index contributed by atoms with van der Waals surface area (Å²) in [5.41, 5.74) is 9.76. The monoisotopic (exact) mass is 1830 g/mol. The molecule has 0 unspecified atom stereocenters. The highest BCUT2D eigenvalue weighted by Crippen LogP contribution is 2.42. The van der Waals surface area contributed by atoms with E-state index in [1.165, 1.54) is 88.0 Å². The Kier molecular flexibility index (Phi) is 46.8. The van der Waals surface area contributed by atoms with Gasteiger partial charge in [-0.3, -0.25) is 0 Å². The molecule has 0 N–H and O–H groups in total. The Balaban J connectivity index is 0.000000273. The molecule has 0 amide bonds. The van der Waals surface area contributed by atoms with Crippen LogP contribution in [0.25, 0.3) is 33.4 Å². The third kappa shape index (κ3) is 32.2. The highest BCUT2D eigenvalue weighted by Gasteiger charge is 2.29. The number of aryl methyl sites for hydroxylation is 9. The summed E-state index contributed by atoms with van der Waals surface area (Å²) in [7, 11) is 0. The molecule has 0 spiro atoms. The van der Waals surface area contributed by atoms with Gasteiger partial charge in [0.1, 0.15) is 0 Å². The SMILES string of the molecule is C.C.C.C.CC1CCC(COc2ccc(OCC3CCC(C)CC3)c(F)c2F)CC1.CCCc1ccc(C)c(F)c1F.CCc1ccc(C)c(F)c1F.Cc1ccc(-c2ccc(-c3ccc(C)cc3)c(F)c2F)cc1.Cc1ccc(-c2ccc(C3CCC(C)CC3)cc2)c(F)c1F.Cc1ccc(C2CCC(C)CC2)c(F)c1F.Cc1ccc(OCC2CCC(C)CC2)c(F)c1F. The molecule has 0 atom stereocenters. The van der Waals surface area contributed by atoms with Crippen LogP contribution in [0.15, 0.2) is 158 Å². The van der Waals surface area contributed by atoms with Crippen molar-refractivity contribution in [1.29, 1.82) is 0 Å². The summed E-state index contributed by atoms with van der Waals surface area (Å²) in [6.07, 6.45) is 25.1. The zero-order chi connectivity index (χ0) is 92.3. The number of hydrogen-bond donors (Lipinski definition) is 0. The van der Waals surface area contributed by atoms with Crippen LogP contribution in [0.2, 0.25) is 0 Å². The zero-order valence-corrected chi connectivity index (χ0v) is 76.7. The van der Waals surface area contributed by atoms with Gasteiger partial charge < -0.3 is 14.2 Å². The minimum atomic E-state index is -0.927. The Morgan fingerprint density at radius 1 is 0.244 bits per heavy atom. The summed E-state index contributed by atoms with van der Waals surface area (Å²) in [4.78, 5) is 0. The second-order valence-electron chi connectivity index (χ2n) is 36.7. The van der Waals surface area contributed by atoms with Crippen molar-refractivity contribution in [2.45, 2.75) is 286 Å². The largest absolute Gasteiger partial charge is 0.490 e. The molecule has 0 saturated heterocycles. The predicted octanol–water partition coefficient (Wildman–Crippen LogP) is 36.2. The van der Waals surface area contributed by atoms with Gasteiger partial charge >= 0.3 is 0 Å². The van der Waals surface area contributed by atoms with E-state index in [9.17, 15) is 61.5 Å². The third-order valence-electron chi connectivity index (χ3n) is 26.2. The smallest absolute Gasteiger partial charge is 0.204 e. The molecular formula is C114H146F14O3. The fourth-order valence-electron chi connectivity index (χ4n) is 17.1. The van der Waals surface area contributed by atoms with E-state index in [2.05, 4.69) is 46.8 Å². The lowest BCUT2D eigenvalue weighted by atomic mass is 9.79. The van der Waals surface area contributed by atoms with Crippen LogP contribution in [-0.2, 0) is 12.8 Å². The lowest BCUT2D eigenvalue weighted by Gasteiger charge is -2.26. The molecule has 131 heavy (non-hydrogen) atoms. The van der Waals surface area contributed by atoms with Crippen molar-refractivity contribution >= 4 is 0 Å². The minimum absolute atomic E-state index is 0. The first-order chi connectivity index (χ1) is 60.6. The minimum Gasteiger partial charge on any atom is -0.490 e. The van der Waals surface area contributed by atoms with Crippen molar-refractivity contribution in [2.75, 3.05) is 19.8 Å². The number of rotatable bonds is 17. The summed E-state index contributed by atoms with van der Waals surface area (Å²) >= 11 is 0. The molecule has 0 radical (unpaired) electrons. The molecule has 15 rings (SSSR count). The van der Waals surface area contributed by atoms with Gasteiger partial charge in [-0.15, -0.1) is 0 Å². The van der Waals surface area contributed by atoms with Crippen molar-refractivity contribution < 1.29 is 75.7 Å². The molecule has 10 aromatic rings. The fraction of sp³-hybridized carbons (Fsp3) is 0.474. The van der Waals surface area contributed by atoms with Gasteiger partial charge in [0.25, 0.3) is 0 Å². The van der Waals surface area contributed by atoms with E-state index in [1.807, 2.05) is 57.2 Å². The quantitative estimate of drug-likeness (QED) is 0.0851. The molecule has 5 fully saturated rings. The highest BCUT2D eigenvalue weighted by molar-refractivity contribution is 5.72. The molecule has 0 bridgehead atoms. The van der Waals surface area contributed by atoms with Crippen molar-refractivity contribution in [1.82, 2.24) is 0 Å². The van der Waals surface area contributed by atoms with Crippen molar-refractivity contribution in [3.8, 4) is 50.6 Å². The number of hydrogen-bond acceptors (Lipinski definition) is 3. The normalized spacial score (nSPS) is 19.5. The molecule has 5 saturated carbocycles. The van der Waals surface area contributed by atoms with Crippen LogP contribution >= 0.6 is 0 Å². The van der Waals surface area contributed by atoms with Crippen LogP contribution in [0, 0.1) is 177 Å². The average Bonchev–Trinajstić information content (AvgIpc) is 0.801. The lowest BCUT2D eigenvalue weighted by Crippen LogP contribution is -2.20. The van der Waals surface area contributed by atoms with E-state index in [0.29, 0.717) is 118 Å². The molecule has 10 aromatic carbocycles. The summed E-state index contributed by atoms with van der Waals surface area (Å²) in [5, 5.41) is 0. The Bertz CT molecular complexity index is 4980. The van der Waals surface area contributed by atoms with Crippen LogP contribution in [-0.4, -0.2) is 19.8 Å². The Labute approximate surface area is 775 Å². The summed E-state index contributed by atoms with van der Waals surface area (Å²) in [6.45, 7) is 28.2. The maximum Gasteiger partial charge on any atom is 0.204 e. The molecule has 5 aliphatic rings. The third-order valence-corrected chi connectivity index (χ3v) is 26.2. The molecule has 718 valence electrons. The van der Waals surface area contributed by atoms with Crippen LogP contribution in [0.4, 0.5) is 61.5 Å². The van der Waals surface area contributed by atoms with Gasteiger partial charge in [-0.1, -0.05) is 299 Å². The van der Waals surface area contributed by atoms with Crippen LogP contribution in [0.3, 0.4) is 0 Å².